The molecule has 0 spiro atoms. The summed E-state index contributed by atoms with van der Waals surface area (Å²) >= 11 is 6.45. The van der Waals surface area contributed by atoms with Gasteiger partial charge in [0.1, 0.15) is 5.82 Å². The van der Waals surface area contributed by atoms with Gasteiger partial charge in [-0.2, -0.15) is 0 Å². The summed E-state index contributed by atoms with van der Waals surface area (Å²) < 4.78 is 2.96. The normalized spacial score (nSPS) is 10.9. The second-order valence-corrected chi connectivity index (χ2v) is 8.67. The standard InChI is InChI=1S/C18H20BrN5OS2/c1-3-7-24-17(12-8-14(4-2)26-10-12)22-23-18(24)27-11-16(25)21-15-6-5-13(19)9-20-15/h5-6,8-10H,3-4,7,11H2,1-2H3,(H,20,21,25). The lowest BCUT2D eigenvalue weighted by atomic mass is 10.2. The Kier molecular flexibility index (Phi) is 7.03. The molecule has 6 nitrogen and oxygen atoms in total. The van der Waals surface area contributed by atoms with Gasteiger partial charge in [-0.15, -0.1) is 21.5 Å². The Labute approximate surface area is 174 Å². The van der Waals surface area contributed by atoms with Crippen molar-refractivity contribution in [2.45, 2.75) is 38.4 Å². The van der Waals surface area contributed by atoms with E-state index in [0.29, 0.717) is 5.82 Å². The van der Waals surface area contributed by atoms with Crippen LogP contribution in [0.3, 0.4) is 0 Å². The maximum Gasteiger partial charge on any atom is 0.236 e. The molecule has 1 amide bonds. The van der Waals surface area contributed by atoms with Crippen LogP contribution < -0.4 is 5.32 Å². The summed E-state index contributed by atoms with van der Waals surface area (Å²) in [5, 5.41) is 14.4. The topological polar surface area (TPSA) is 72.7 Å². The fourth-order valence-electron chi connectivity index (χ4n) is 2.48. The van der Waals surface area contributed by atoms with Crippen LogP contribution in [0.4, 0.5) is 5.82 Å². The van der Waals surface area contributed by atoms with Crippen LogP contribution in [-0.2, 0) is 17.8 Å². The van der Waals surface area contributed by atoms with Gasteiger partial charge in [-0.25, -0.2) is 4.98 Å². The number of halogens is 1. The van der Waals surface area contributed by atoms with Gasteiger partial charge in [-0.1, -0.05) is 25.6 Å². The number of aryl methyl sites for hydroxylation is 1. The molecule has 0 aliphatic carbocycles. The monoisotopic (exact) mass is 465 g/mol. The van der Waals surface area contributed by atoms with Crippen molar-refractivity contribution in [1.82, 2.24) is 19.7 Å². The molecule has 0 unspecified atom stereocenters. The van der Waals surface area contributed by atoms with Crippen LogP contribution in [0.25, 0.3) is 11.4 Å². The molecule has 142 valence electrons. The third kappa shape index (κ3) is 5.18. The third-order valence-electron chi connectivity index (χ3n) is 3.75. The smallest absolute Gasteiger partial charge is 0.236 e. The van der Waals surface area contributed by atoms with Crippen LogP contribution in [0, 0.1) is 0 Å². The van der Waals surface area contributed by atoms with Gasteiger partial charge >= 0.3 is 0 Å². The molecule has 3 aromatic heterocycles. The maximum absolute atomic E-state index is 12.2. The number of amides is 1. The fourth-order valence-corrected chi connectivity index (χ4v) is 4.29. The van der Waals surface area contributed by atoms with Gasteiger partial charge in [0.05, 0.1) is 5.75 Å². The first-order chi connectivity index (χ1) is 13.1. The lowest BCUT2D eigenvalue weighted by Crippen LogP contribution is -2.15. The number of thioether (sulfide) groups is 1. The summed E-state index contributed by atoms with van der Waals surface area (Å²) in [5.74, 6) is 1.53. The Morgan fingerprint density at radius 1 is 1.33 bits per heavy atom. The van der Waals surface area contributed by atoms with E-state index in [1.165, 1.54) is 16.6 Å². The minimum atomic E-state index is -0.119. The number of hydrogen-bond donors (Lipinski definition) is 1. The Hall–Kier alpha value is -1.71. The zero-order valence-electron chi connectivity index (χ0n) is 15.1. The quantitative estimate of drug-likeness (QED) is 0.480. The highest BCUT2D eigenvalue weighted by atomic mass is 79.9. The van der Waals surface area contributed by atoms with Gasteiger partial charge in [0.2, 0.25) is 5.91 Å². The van der Waals surface area contributed by atoms with Crippen molar-refractivity contribution in [3.8, 4) is 11.4 Å². The van der Waals surface area contributed by atoms with E-state index >= 15 is 0 Å². The lowest BCUT2D eigenvalue weighted by molar-refractivity contribution is -0.113. The van der Waals surface area contributed by atoms with Crippen molar-refractivity contribution < 1.29 is 4.79 Å². The highest BCUT2D eigenvalue weighted by molar-refractivity contribution is 9.10. The largest absolute Gasteiger partial charge is 0.310 e. The Morgan fingerprint density at radius 3 is 2.85 bits per heavy atom. The highest BCUT2D eigenvalue weighted by Crippen LogP contribution is 2.28. The molecule has 3 aromatic rings. The van der Waals surface area contributed by atoms with Crippen LogP contribution in [-0.4, -0.2) is 31.4 Å². The van der Waals surface area contributed by atoms with E-state index in [0.717, 1.165) is 40.4 Å². The van der Waals surface area contributed by atoms with Crippen LogP contribution >= 0.6 is 39.0 Å². The number of anilines is 1. The molecular weight excluding hydrogens is 446 g/mol. The Morgan fingerprint density at radius 2 is 2.19 bits per heavy atom. The Bertz CT molecular complexity index is 907. The molecular formula is C18H20BrN5OS2. The zero-order chi connectivity index (χ0) is 19.2. The zero-order valence-corrected chi connectivity index (χ0v) is 18.3. The van der Waals surface area contributed by atoms with Crippen molar-refractivity contribution in [1.29, 1.82) is 0 Å². The SMILES string of the molecule is CCCn1c(SCC(=O)Nc2ccc(Br)cn2)nnc1-c1csc(CC)c1. The molecule has 0 saturated heterocycles. The summed E-state index contributed by atoms with van der Waals surface area (Å²) in [6.45, 7) is 5.08. The fraction of sp³-hybridized carbons (Fsp3) is 0.333. The number of aromatic nitrogens is 4. The number of rotatable bonds is 8. The number of hydrogen-bond acceptors (Lipinski definition) is 6. The van der Waals surface area contributed by atoms with Gasteiger partial charge in [0, 0.05) is 33.0 Å². The number of nitrogens with one attached hydrogen (secondary N) is 1. The number of carbonyl (C=O) groups excluding carboxylic acids is 1. The molecule has 9 heteroatoms. The summed E-state index contributed by atoms with van der Waals surface area (Å²) in [5.41, 5.74) is 1.09. The minimum Gasteiger partial charge on any atom is -0.310 e. The summed E-state index contributed by atoms with van der Waals surface area (Å²) in [6.07, 6.45) is 3.63. The summed E-state index contributed by atoms with van der Waals surface area (Å²) in [4.78, 5) is 17.7. The van der Waals surface area contributed by atoms with Crippen LogP contribution in [0.2, 0.25) is 0 Å². The predicted molar refractivity (Wildman–Crippen MR) is 114 cm³/mol. The summed E-state index contributed by atoms with van der Waals surface area (Å²) in [6, 6.07) is 5.76. The molecule has 3 heterocycles. The lowest BCUT2D eigenvalue weighted by Gasteiger charge is -2.08. The molecule has 0 atom stereocenters. The molecule has 0 aliphatic heterocycles. The van der Waals surface area contributed by atoms with E-state index in [9.17, 15) is 4.79 Å². The number of thiophene rings is 1. The van der Waals surface area contributed by atoms with Crippen LogP contribution in [0.15, 0.2) is 39.4 Å². The molecule has 0 radical (unpaired) electrons. The molecule has 0 aromatic carbocycles. The first kappa shape index (κ1) is 20.0. The van der Waals surface area contributed by atoms with E-state index in [4.69, 9.17) is 0 Å². The number of pyridine rings is 1. The Balaban J connectivity index is 1.69. The van der Waals surface area contributed by atoms with Gasteiger partial charge in [-0.3, -0.25) is 4.79 Å². The molecule has 27 heavy (non-hydrogen) atoms. The van der Waals surface area contributed by atoms with Gasteiger partial charge in [-0.05, 0) is 47.0 Å². The van der Waals surface area contributed by atoms with Crippen molar-refractivity contribution >= 4 is 50.8 Å². The maximum atomic E-state index is 12.2. The van der Waals surface area contributed by atoms with E-state index in [2.05, 4.69) is 66.3 Å². The summed E-state index contributed by atoms with van der Waals surface area (Å²) in [7, 11) is 0. The van der Waals surface area contributed by atoms with Gasteiger partial charge in [0.25, 0.3) is 0 Å². The molecule has 0 saturated carbocycles. The number of carbonyl (C=O) groups is 1. The van der Waals surface area contributed by atoms with Crippen molar-refractivity contribution in [2.24, 2.45) is 0 Å². The van der Waals surface area contributed by atoms with Gasteiger partial charge < -0.3 is 9.88 Å². The van der Waals surface area contributed by atoms with E-state index < -0.39 is 0 Å². The molecule has 0 fully saturated rings. The second-order valence-electron chi connectivity index (χ2n) is 5.81. The van der Waals surface area contributed by atoms with Crippen LogP contribution in [0.1, 0.15) is 25.1 Å². The predicted octanol–water partition coefficient (Wildman–Crippen LogP) is 4.87. The first-order valence-corrected chi connectivity index (χ1v) is 11.3. The first-order valence-electron chi connectivity index (χ1n) is 8.65. The third-order valence-corrected chi connectivity index (χ3v) is 6.27. The van der Waals surface area contributed by atoms with Crippen LogP contribution in [0.5, 0.6) is 0 Å². The molecule has 0 aliphatic rings. The van der Waals surface area contributed by atoms with Gasteiger partial charge in [0.15, 0.2) is 11.0 Å². The van der Waals surface area contributed by atoms with Crippen molar-refractivity contribution in [3.05, 3.63) is 39.1 Å². The van der Waals surface area contributed by atoms with Crippen molar-refractivity contribution in [2.75, 3.05) is 11.1 Å². The average Bonchev–Trinajstić information content (AvgIpc) is 3.29. The van der Waals surface area contributed by atoms with E-state index in [1.54, 1.807) is 23.6 Å². The molecule has 0 bridgehead atoms. The second kappa shape index (κ2) is 9.48. The molecule has 1 N–H and O–H groups in total. The minimum absolute atomic E-state index is 0.119. The number of nitrogens with zero attached hydrogens (tertiary/aromatic N) is 4. The van der Waals surface area contributed by atoms with Crippen molar-refractivity contribution in [3.63, 3.8) is 0 Å². The highest BCUT2D eigenvalue weighted by Gasteiger charge is 2.16. The van der Waals surface area contributed by atoms with E-state index in [-0.39, 0.29) is 11.7 Å². The molecule has 3 rings (SSSR count). The average molecular weight is 466 g/mol. The van der Waals surface area contributed by atoms with E-state index in [1.807, 2.05) is 6.07 Å².